The average molecular weight is 389 g/mol. The van der Waals surface area contributed by atoms with Crippen LogP contribution in [0.15, 0.2) is 29.6 Å². The Kier molecular flexibility index (Phi) is 6.13. The second kappa shape index (κ2) is 8.09. The number of nitro groups is 1. The van der Waals surface area contributed by atoms with Crippen molar-refractivity contribution in [3.63, 3.8) is 0 Å². The molecule has 7 nitrogen and oxygen atoms in total. The molecule has 0 aliphatic carbocycles. The number of halogens is 2. The van der Waals surface area contributed by atoms with Crippen molar-refractivity contribution in [1.82, 2.24) is 5.32 Å². The lowest BCUT2D eigenvalue weighted by Crippen LogP contribution is -2.30. The minimum absolute atomic E-state index is 0.0354. The summed E-state index contributed by atoms with van der Waals surface area (Å²) < 4.78 is 4.93. The van der Waals surface area contributed by atoms with E-state index in [0.29, 0.717) is 10.6 Å². The van der Waals surface area contributed by atoms with Gasteiger partial charge in [-0.15, -0.1) is 0 Å². The lowest BCUT2D eigenvalue weighted by atomic mass is 10.2. The third kappa shape index (κ3) is 4.92. The zero-order chi connectivity index (χ0) is 17.7. The summed E-state index contributed by atoms with van der Waals surface area (Å²) in [5, 5.41) is 15.0. The highest BCUT2D eigenvalue weighted by Crippen LogP contribution is 2.23. The molecule has 0 atom stereocenters. The van der Waals surface area contributed by atoms with Crippen LogP contribution in [0.5, 0.6) is 0 Å². The van der Waals surface area contributed by atoms with Gasteiger partial charge in [0, 0.05) is 22.0 Å². The maximum absolute atomic E-state index is 11.9. The highest BCUT2D eigenvalue weighted by atomic mass is 35.5. The van der Waals surface area contributed by atoms with Crippen molar-refractivity contribution in [2.45, 2.75) is 6.61 Å². The number of rotatable bonds is 6. The first-order chi connectivity index (χ1) is 11.4. The maximum atomic E-state index is 11.9. The highest BCUT2D eigenvalue weighted by Gasteiger charge is 2.14. The summed E-state index contributed by atoms with van der Waals surface area (Å²) in [4.78, 5) is 33.6. The van der Waals surface area contributed by atoms with Gasteiger partial charge < -0.3 is 10.1 Å². The van der Waals surface area contributed by atoms with E-state index in [2.05, 4.69) is 5.32 Å². The third-order valence-corrected chi connectivity index (χ3v) is 4.27. The molecule has 10 heteroatoms. The molecule has 1 aromatic heterocycles. The van der Waals surface area contributed by atoms with Crippen LogP contribution >= 0.6 is 34.5 Å². The van der Waals surface area contributed by atoms with Gasteiger partial charge in [0.05, 0.1) is 15.5 Å². The lowest BCUT2D eigenvalue weighted by molar-refractivity contribution is -0.380. The van der Waals surface area contributed by atoms with Crippen molar-refractivity contribution in [3.8, 4) is 0 Å². The number of hydrogen-bond acceptors (Lipinski definition) is 6. The second-order valence-corrected chi connectivity index (χ2v) is 6.25. The minimum atomic E-state index is -0.678. The topological polar surface area (TPSA) is 98.5 Å². The van der Waals surface area contributed by atoms with Crippen LogP contribution in [-0.2, 0) is 16.1 Å². The van der Waals surface area contributed by atoms with Gasteiger partial charge in [-0.05, 0) is 18.2 Å². The fraction of sp³-hybridized carbons (Fsp3) is 0.143. The van der Waals surface area contributed by atoms with Gasteiger partial charge in [0.25, 0.3) is 5.91 Å². The van der Waals surface area contributed by atoms with E-state index >= 15 is 0 Å². The molecule has 1 amide bonds. The number of ether oxygens (including phenoxy) is 1. The monoisotopic (exact) mass is 388 g/mol. The molecule has 0 aliphatic heterocycles. The Morgan fingerprint density at radius 1 is 1.29 bits per heavy atom. The van der Waals surface area contributed by atoms with Gasteiger partial charge in [-0.1, -0.05) is 34.5 Å². The number of carbonyl (C=O) groups excluding carboxylic acids is 2. The van der Waals surface area contributed by atoms with Crippen molar-refractivity contribution < 1.29 is 19.2 Å². The predicted octanol–water partition coefficient (Wildman–Crippen LogP) is 3.44. The van der Waals surface area contributed by atoms with Crippen molar-refractivity contribution >= 4 is 51.4 Å². The number of esters is 1. The molecule has 1 N–H and O–H groups in total. The molecule has 1 heterocycles. The molecule has 0 aliphatic rings. The normalized spacial score (nSPS) is 10.2. The van der Waals surface area contributed by atoms with E-state index in [1.807, 2.05) is 0 Å². The maximum Gasteiger partial charge on any atom is 0.325 e. The smallest absolute Gasteiger partial charge is 0.325 e. The van der Waals surface area contributed by atoms with Crippen LogP contribution in [0.3, 0.4) is 0 Å². The largest absolute Gasteiger partial charge is 0.459 e. The quantitative estimate of drug-likeness (QED) is 0.464. The first-order valence-electron chi connectivity index (χ1n) is 6.47. The fourth-order valence-electron chi connectivity index (χ4n) is 1.67. The van der Waals surface area contributed by atoms with E-state index in [0.717, 1.165) is 11.3 Å². The van der Waals surface area contributed by atoms with Crippen molar-refractivity contribution in [2.75, 3.05) is 6.54 Å². The Bertz CT molecular complexity index is 793. The van der Waals surface area contributed by atoms with E-state index in [1.54, 1.807) is 0 Å². The molecule has 2 rings (SSSR count). The Hall–Kier alpha value is -2.16. The zero-order valence-electron chi connectivity index (χ0n) is 12.0. The Morgan fingerprint density at radius 3 is 2.67 bits per heavy atom. The number of carbonyl (C=O) groups is 2. The average Bonchev–Trinajstić information content (AvgIpc) is 3.00. The van der Waals surface area contributed by atoms with Gasteiger partial charge in [-0.25, -0.2) is 0 Å². The van der Waals surface area contributed by atoms with E-state index in [-0.39, 0.29) is 28.7 Å². The Balaban J connectivity index is 1.82. The van der Waals surface area contributed by atoms with Gasteiger partial charge in [-0.3, -0.25) is 19.7 Å². The molecule has 24 heavy (non-hydrogen) atoms. The first kappa shape index (κ1) is 18.2. The van der Waals surface area contributed by atoms with Gasteiger partial charge >= 0.3 is 11.0 Å². The van der Waals surface area contributed by atoms with E-state index in [4.69, 9.17) is 27.9 Å². The molecule has 0 bridgehead atoms. The number of benzene rings is 1. The van der Waals surface area contributed by atoms with Gasteiger partial charge in [0.15, 0.2) is 0 Å². The molecule has 0 saturated heterocycles. The third-order valence-electron chi connectivity index (χ3n) is 2.79. The summed E-state index contributed by atoms with van der Waals surface area (Å²) in [5.41, 5.74) is 0.689. The summed E-state index contributed by atoms with van der Waals surface area (Å²) in [7, 11) is 0. The molecule has 0 radical (unpaired) electrons. The molecule has 126 valence electrons. The fourth-order valence-corrected chi connectivity index (χ4v) is 2.88. The van der Waals surface area contributed by atoms with Crippen LogP contribution in [0.25, 0.3) is 0 Å². The number of nitrogens with one attached hydrogen (secondary N) is 1. The Morgan fingerprint density at radius 2 is 2.04 bits per heavy atom. The van der Waals surface area contributed by atoms with E-state index in [1.165, 1.54) is 29.6 Å². The standard InChI is InChI=1S/C14H10Cl2N2O5S/c15-9-1-2-10(11(16)4-9)14(20)17-5-13(19)23-6-8-3-12(18(21)22)24-7-8/h1-4,7H,5-6H2,(H,17,20). The molecular formula is C14H10Cl2N2O5S. The number of amides is 1. The van der Waals surface area contributed by atoms with Gasteiger partial charge in [0.2, 0.25) is 0 Å². The Labute approximate surface area is 150 Å². The van der Waals surface area contributed by atoms with Crippen LogP contribution in [0.4, 0.5) is 5.00 Å². The minimum Gasteiger partial charge on any atom is -0.459 e. The molecule has 2 aromatic rings. The summed E-state index contributed by atoms with van der Waals surface area (Å²) in [6, 6.07) is 5.68. The SMILES string of the molecule is O=C(CNC(=O)c1ccc(Cl)cc1Cl)OCc1csc([N+](=O)[O-])c1. The lowest BCUT2D eigenvalue weighted by Gasteiger charge is -2.07. The van der Waals surface area contributed by atoms with Crippen LogP contribution < -0.4 is 5.32 Å². The molecule has 0 unspecified atom stereocenters. The number of nitrogens with zero attached hydrogens (tertiary/aromatic N) is 1. The van der Waals surface area contributed by atoms with Crippen molar-refractivity contribution in [2.24, 2.45) is 0 Å². The molecule has 1 aromatic carbocycles. The van der Waals surface area contributed by atoms with Crippen LogP contribution in [0.2, 0.25) is 10.0 Å². The van der Waals surface area contributed by atoms with Crippen LogP contribution in [0, 0.1) is 10.1 Å². The molecular weight excluding hydrogens is 379 g/mol. The van der Waals surface area contributed by atoms with Crippen LogP contribution in [0.1, 0.15) is 15.9 Å². The zero-order valence-corrected chi connectivity index (χ0v) is 14.3. The van der Waals surface area contributed by atoms with Crippen LogP contribution in [-0.4, -0.2) is 23.3 Å². The number of hydrogen-bond donors (Lipinski definition) is 1. The summed E-state index contributed by atoms with van der Waals surface area (Å²) in [6.45, 7) is -0.467. The summed E-state index contributed by atoms with van der Waals surface area (Å²) in [6.07, 6.45) is 0. The highest BCUT2D eigenvalue weighted by molar-refractivity contribution is 7.13. The summed E-state index contributed by atoms with van der Waals surface area (Å²) >= 11 is 12.6. The predicted molar refractivity (Wildman–Crippen MR) is 89.6 cm³/mol. The van der Waals surface area contributed by atoms with Crippen molar-refractivity contribution in [3.05, 3.63) is 60.9 Å². The first-order valence-corrected chi connectivity index (χ1v) is 8.11. The van der Waals surface area contributed by atoms with Crippen molar-refractivity contribution in [1.29, 1.82) is 0 Å². The second-order valence-electron chi connectivity index (χ2n) is 4.52. The molecule has 0 fully saturated rings. The van der Waals surface area contributed by atoms with Gasteiger partial charge in [-0.2, -0.15) is 0 Å². The van der Waals surface area contributed by atoms with E-state index < -0.39 is 16.8 Å². The van der Waals surface area contributed by atoms with E-state index in [9.17, 15) is 19.7 Å². The van der Waals surface area contributed by atoms with Gasteiger partial charge in [0.1, 0.15) is 13.2 Å². The summed E-state index contributed by atoms with van der Waals surface area (Å²) in [5.74, 6) is -1.22. The molecule has 0 spiro atoms. The molecule has 0 saturated carbocycles. The number of thiophene rings is 1.